The zero-order valence-electron chi connectivity index (χ0n) is 9.56. The highest BCUT2D eigenvalue weighted by atomic mass is 31.2. The summed E-state index contributed by atoms with van der Waals surface area (Å²) in [6.45, 7) is 5.24. The Bertz CT molecular complexity index is 603. The topological polar surface area (TPSA) is 68.9 Å². The van der Waals surface area contributed by atoms with Crippen LogP contribution in [0.4, 0.5) is 5.69 Å². The third kappa shape index (κ3) is 1.81. The highest BCUT2D eigenvalue weighted by Gasteiger charge is 2.18. The summed E-state index contributed by atoms with van der Waals surface area (Å²) in [6, 6.07) is 3.59. The van der Waals surface area contributed by atoms with Gasteiger partial charge in [0, 0.05) is 22.6 Å². The fourth-order valence-corrected chi connectivity index (χ4v) is 3.25. The molecule has 0 bridgehead atoms. The molecule has 4 nitrogen and oxygen atoms in total. The SMILES string of the molecule is Cc1ncc2c(P(C)(C)=O)c(N)ccc2n1. The number of rotatable bonds is 1. The van der Waals surface area contributed by atoms with Gasteiger partial charge in [-0.25, -0.2) is 9.97 Å². The van der Waals surface area contributed by atoms with E-state index in [1.54, 1.807) is 25.6 Å². The molecule has 1 heterocycles. The molecule has 0 atom stereocenters. The lowest BCUT2D eigenvalue weighted by Crippen LogP contribution is -2.12. The molecule has 16 heavy (non-hydrogen) atoms. The molecule has 0 aliphatic carbocycles. The first-order chi connectivity index (χ1) is 7.39. The van der Waals surface area contributed by atoms with Crippen molar-refractivity contribution < 1.29 is 4.57 Å². The van der Waals surface area contributed by atoms with Gasteiger partial charge < -0.3 is 10.3 Å². The van der Waals surface area contributed by atoms with Crippen LogP contribution < -0.4 is 11.0 Å². The van der Waals surface area contributed by atoms with Crippen LogP contribution in [0.25, 0.3) is 10.9 Å². The summed E-state index contributed by atoms with van der Waals surface area (Å²) >= 11 is 0. The zero-order chi connectivity index (χ0) is 11.9. The Morgan fingerprint density at radius 3 is 2.62 bits per heavy atom. The normalized spacial score (nSPS) is 11.9. The van der Waals surface area contributed by atoms with E-state index in [-0.39, 0.29) is 0 Å². The van der Waals surface area contributed by atoms with Crippen LogP contribution in [0.15, 0.2) is 18.3 Å². The Kier molecular flexibility index (Phi) is 2.47. The summed E-state index contributed by atoms with van der Waals surface area (Å²) < 4.78 is 12.2. The van der Waals surface area contributed by atoms with Crippen LogP contribution in [-0.2, 0) is 4.57 Å². The predicted molar refractivity (Wildman–Crippen MR) is 67.8 cm³/mol. The highest BCUT2D eigenvalue weighted by molar-refractivity contribution is 7.71. The molecule has 84 valence electrons. The van der Waals surface area contributed by atoms with E-state index in [1.165, 1.54) is 0 Å². The first-order valence-electron chi connectivity index (χ1n) is 4.97. The van der Waals surface area contributed by atoms with Crippen LogP contribution in [0.3, 0.4) is 0 Å². The van der Waals surface area contributed by atoms with Gasteiger partial charge in [0.15, 0.2) is 0 Å². The molecule has 0 spiro atoms. The Morgan fingerprint density at radius 2 is 2.00 bits per heavy atom. The Hall–Kier alpha value is -1.41. The molecule has 2 rings (SSSR count). The van der Waals surface area contributed by atoms with Gasteiger partial charge in [0.25, 0.3) is 0 Å². The third-order valence-corrected chi connectivity index (χ3v) is 4.00. The number of nitrogens with two attached hydrogens (primary N) is 1. The van der Waals surface area contributed by atoms with Crippen LogP contribution in [0.2, 0.25) is 0 Å². The summed E-state index contributed by atoms with van der Waals surface area (Å²) in [5.41, 5.74) is 7.22. The lowest BCUT2D eigenvalue weighted by molar-refractivity contribution is 0.588. The van der Waals surface area contributed by atoms with Crippen LogP contribution in [0, 0.1) is 6.92 Å². The van der Waals surface area contributed by atoms with E-state index in [9.17, 15) is 4.57 Å². The molecule has 0 fully saturated rings. The van der Waals surface area contributed by atoms with Gasteiger partial charge in [-0.15, -0.1) is 0 Å². The second-order valence-corrected chi connectivity index (χ2v) is 7.35. The summed E-state index contributed by atoms with van der Waals surface area (Å²) in [6.07, 6.45) is 1.70. The van der Waals surface area contributed by atoms with Crippen molar-refractivity contribution in [3.63, 3.8) is 0 Å². The molecule has 1 aromatic carbocycles. The van der Waals surface area contributed by atoms with Gasteiger partial charge >= 0.3 is 0 Å². The molecule has 0 aliphatic heterocycles. The smallest absolute Gasteiger partial charge is 0.125 e. The second-order valence-electron chi connectivity index (χ2n) is 4.20. The molecule has 0 amide bonds. The largest absolute Gasteiger partial charge is 0.398 e. The standard InChI is InChI=1S/C11H14N3OP/c1-7-13-6-8-10(14-7)5-4-9(12)11(8)16(2,3)15/h4-6H,12H2,1-3H3. The van der Waals surface area contributed by atoms with Gasteiger partial charge in [0.2, 0.25) is 0 Å². The van der Waals surface area contributed by atoms with Crippen molar-refractivity contribution in [2.24, 2.45) is 0 Å². The minimum Gasteiger partial charge on any atom is -0.398 e. The van der Waals surface area contributed by atoms with E-state index >= 15 is 0 Å². The second kappa shape index (κ2) is 3.56. The van der Waals surface area contributed by atoms with Crippen LogP contribution >= 0.6 is 7.14 Å². The Labute approximate surface area is 94.3 Å². The maximum atomic E-state index is 12.2. The number of nitrogen functional groups attached to an aromatic ring is 1. The summed E-state index contributed by atoms with van der Waals surface area (Å²) in [5, 5.41) is 1.48. The molecular weight excluding hydrogens is 221 g/mol. The molecule has 2 aromatic rings. The number of benzene rings is 1. The minimum atomic E-state index is -2.42. The zero-order valence-corrected chi connectivity index (χ0v) is 10.5. The maximum Gasteiger partial charge on any atom is 0.125 e. The van der Waals surface area contributed by atoms with Crippen molar-refractivity contribution in [2.75, 3.05) is 19.1 Å². The minimum absolute atomic E-state index is 0.549. The van der Waals surface area contributed by atoms with E-state index in [4.69, 9.17) is 5.73 Å². The van der Waals surface area contributed by atoms with E-state index in [0.29, 0.717) is 16.8 Å². The van der Waals surface area contributed by atoms with Crippen molar-refractivity contribution in [1.29, 1.82) is 0 Å². The van der Waals surface area contributed by atoms with Crippen molar-refractivity contribution in [3.8, 4) is 0 Å². The molecule has 5 heteroatoms. The van der Waals surface area contributed by atoms with Gasteiger partial charge in [-0.05, 0) is 32.4 Å². The molecule has 0 radical (unpaired) electrons. The first-order valence-corrected chi connectivity index (χ1v) is 7.57. The molecule has 0 aliphatic rings. The molecule has 0 saturated carbocycles. The van der Waals surface area contributed by atoms with E-state index < -0.39 is 7.14 Å². The van der Waals surface area contributed by atoms with E-state index in [1.807, 2.05) is 13.0 Å². The lowest BCUT2D eigenvalue weighted by atomic mass is 10.2. The number of aromatic nitrogens is 2. The fourth-order valence-electron chi connectivity index (χ4n) is 1.80. The predicted octanol–water partition coefficient (Wildman–Crippen LogP) is 1.77. The molecule has 2 N–H and O–H groups in total. The van der Waals surface area contributed by atoms with E-state index in [2.05, 4.69) is 9.97 Å². The molecule has 0 unspecified atom stereocenters. The number of aryl methyl sites for hydroxylation is 1. The fraction of sp³-hybridized carbons (Fsp3) is 0.273. The van der Waals surface area contributed by atoms with Gasteiger partial charge in [0.1, 0.15) is 13.0 Å². The summed E-state index contributed by atoms with van der Waals surface area (Å²) in [5.74, 6) is 0.699. The van der Waals surface area contributed by atoms with Gasteiger partial charge in [-0.3, -0.25) is 0 Å². The third-order valence-electron chi connectivity index (χ3n) is 2.43. The quantitative estimate of drug-likeness (QED) is 0.604. The van der Waals surface area contributed by atoms with Crippen molar-refractivity contribution in [3.05, 3.63) is 24.2 Å². The van der Waals surface area contributed by atoms with Gasteiger partial charge in [-0.1, -0.05) is 0 Å². The Balaban J connectivity index is 2.91. The number of anilines is 1. The summed E-state index contributed by atoms with van der Waals surface area (Å²) in [4.78, 5) is 8.44. The number of hydrogen-bond acceptors (Lipinski definition) is 4. The average molecular weight is 235 g/mol. The van der Waals surface area contributed by atoms with Gasteiger partial charge in [0.05, 0.1) is 5.52 Å². The lowest BCUT2D eigenvalue weighted by Gasteiger charge is -2.13. The molecule has 1 aromatic heterocycles. The van der Waals surface area contributed by atoms with Crippen LogP contribution in [-0.4, -0.2) is 23.3 Å². The summed E-state index contributed by atoms with van der Waals surface area (Å²) in [7, 11) is -2.42. The van der Waals surface area contributed by atoms with Crippen LogP contribution in [0.1, 0.15) is 5.82 Å². The first kappa shape index (κ1) is 11.1. The van der Waals surface area contributed by atoms with Crippen molar-refractivity contribution in [2.45, 2.75) is 6.92 Å². The molecular formula is C11H14N3OP. The highest BCUT2D eigenvalue weighted by Crippen LogP contribution is 2.39. The monoisotopic (exact) mass is 235 g/mol. The van der Waals surface area contributed by atoms with Crippen LogP contribution in [0.5, 0.6) is 0 Å². The van der Waals surface area contributed by atoms with Crippen molar-refractivity contribution >= 4 is 29.0 Å². The van der Waals surface area contributed by atoms with E-state index in [0.717, 1.165) is 10.9 Å². The molecule has 0 saturated heterocycles. The number of fused-ring (bicyclic) bond motifs is 1. The van der Waals surface area contributed by atoms with Gasteiger partial charge in [-0.2, -0.15) is 0 Å². The average Bonchev–Trinajstić information content (AvgIpc) is 2.16. The van der Waals surface area contributed by atoms with Crippen molar-refractivity contribution in [1.82, 2.24) is 9.97 Å². The number of hydrogen-bond donors (Lipinski definition) is 1. The maximum absolute atomic E-state index is 12.2. The Morgan fingerprint density at radius 1 is 1.31 bits per heavy atom. The number of nitrogens with zero attached hydrogens (tertiary/aromatic N) is 2.